The molecule has 0 bridgehead atoms. The summed E-state index contributed by atoms with van der Waals surface area (Å²) in [5.41, 5.74) is 2.41. The maximum atomic E-state index is 13.4. The number of hydrogen-bond donors (Lipinski definition) is 0. The van der Waals surface area contributed by atoms with E-state index in [2.05, 4.69) is 15.1 Å². The number of alkyl halides is 1. The molecule has 0 unspecified atom stereocenters. The summed E-state index contributed by atoms with van der Waals surface area (Å²) in [5.74, 6) is 0.721. The Balaban J connectivity index is 1.28. The van der Waals surface area contributed by atoms with Crippen molar-refractivity contribution in [2.24, 2.45) is 0 Å². The largest absolute Gasteiger partial charge is 0.354 e. The van der Waals surface area contributed by atoms with Crippen LogP contribution >= 0.6 is 11.3 Å². The molecule has 3 aromatic rings. The van der Waals surface area contributed by atoms with Gasteiger partial charge in [-0.3, -0.25) is 14.4 Å². The molecule has 9 heteroatoms. The lowest BCUT2D eigenvalue weighted by Gasteiger charge is -2.16. The smallest absolute Gasteiger partial charge is 0.280 e. The lowest BCUT2D eigenvalue weighted by atomic mass is 10.2. The third-order valence-electron chi connectivity index (χ3n) is 5.10. The van der Waals surface area contributed by atoms with Gasteiger partial charge in [0.25, 0.3) is 5.91 Å². The van der Waals surface area contributed by atoms with E-state index in [0.29, 0.717) is 38.3 Å². The van der Waals surface area contributed by atoms with Gasteiger partial charge >= 0.3 is 0 Å². The van der Waals surface area contributed by atoms with Gasteiger partial charge < -0.3 is 4.90 Å². The van der Waals surface area contributed by atoms with Crippen molar-refractivity contribution in [1.29, 1.82) is 0 Å². The molecule has 1 atom stereocenters. The van der Waals surface area contributed by atoms with Crippen molar-refractivity contribution in [3.8, 4) is 0 Å². The third-order valence-corrected chi connectivity index (χ3v) is 6.03. The van der Waals surface area contributed by atoms with Crippen LogP contribution in [0.25, 0.3) is 0 Å². The van der Waals surface area contributed by atoms with Crippen LogP contribution in [0.3, 0.4) is 0 Å². The summed E-state index contributed by atoms with van der Waals surface area (Å²) in [6, 6.07) is 3.90. The molecule has 1 fully saturated rings. The Kier molecular flexibility index (Phi) is 4.12. The van der Waals surface area contributed by atoms with Crippen LogP contribution in [0.2, 0.25) is 0 Å². The monoisotopic (exact) mass is 398 g/mol. The minimum atomic E-state index is -0.765. The van der Waals surface area contributed by atoms with Gasteiger partial charge in [0.1, 0.15) is 17.0 Å². The van der Waals surface area contributed by atoms with Crippen LogP contribution in [-0.4, -0.2) is 44.9 Å². The van der Waals surface area contributed by atoms with Crippen LogP contribution in [0.4, 0.5) is 15.2 Å². The molecule has 0 radical (unpaired) electrons. The van der Waals surface area contributed by atoms with Crippen molar-refractivity contribution in [3.63, 3.8) is 0 Å². The molecule has 144 valence electrons. The summed E-state index contributed by atoms with van der Waals surface area (Å²) in [6.07, 6.45) is 5.25. The Morgan fingerprint density at radius 3 is 2.82 bits per heavy atom. The molecule has 0 aromatic carbocycles. The fraction of sp³-hybridized carbons (Fsp3) is 0.368. The summed E-state index contributed by atoms with van der Waals surface area (Å²) in [7, 11) is 0. The highest BCUT2D eigenvalue weighted by molar-refractivity contribution is 7.15. The first kappa shape index (κ1) is 17.3. The summed E-state index contributed by atoms with van der Waals surface area (Å²) >= 11 is 1.51. The molecule has 5 rings (SSSR count). The van der Waals surface area contributed by atoms with Gasteiger partial charge in [-0.15, -0.1) is 11.3 Å². The average Bonchev–Trinajstić information content (AvgIpc) is 3.43. The summed E-state index contributed by atoms with van der Waals surface area (Å²) in [6.45, 7) is 4.10. The second-order valence-corrected chi connectivity index (χ2v) is 8.38. The standard InChI is InChI=1S/C19H19FN6OS/c1-12-21-7-17(28-12)26-10-14-9-25(23-18(14)19(26)27)8-13-2-3-16(22-6-13)24-5-4-15(20)11-24/h2-3,6-7,9,15H,4-5,8,10-11H2,1H3/t15-/m0/s1. The Labute approximate surface area is 165 Å². The van der Waals surface area contributed by atoms with Crippen LogP contribution in [0.15, 0.2) is 30.7 Å². The zero-order valence-corrected chi connectivity index (χ0v) is 16.2. The number of carbonyl (C=O) groups excluding carboxylic acids is 1. The molecule has 1 amide bonds. The van der Waals surface area contributed by atoms with Crippen LogP contribution in [0.5, 0.6) is 0 Å². The number of anilines is 2. The topological polar surface area (TPSA) is 67.2 Å². The molecule has 5 heterocycles. The van der Waals surface area contributed by atoms with Crippen molar-refractivity contribution in [3.05, 3.63) is 52.6 Å². The number of carbonyl (C=O) groups is 1. The number of thiazole rings is 1. The SMILES string of the molecule is Cc1ncc(N2Cc3cn(Cc4ccc(N5CC[C@H](F)C5)nc4)nc3C2=O)s1. The van der Waals surface area contributed by atoms with Crippen molar-refractivity contribution in [2.45, 2.75) is 32.6 Å². The van der Waals surface area contributed by atoms with E-state index in [-0.39, 0.29) is 5.91 Å². The molecule has 0 aliphatic carbocycles. The normalized spacial score (nSPS) is 18.9. The van der Waals surface area contributed by atoms with E-state index < -0.39 is 6.17 Å². The number of aryl methyl sites for hydroxylation is 1. The molecule has 7 nitrogen and oxygen atoms in total. The van der Waals surface area contributed by atoms with Gasteiger partial charge in [-0.25, -0.2) is 14.4 Å². The molecule has 1 saturated heterocycles. The highest BCUT2D eigenvalue weighted by Gasteiger charge is 2.33. The summed E-state index contributed by atoms with van der Waals surface area (Å²) in [5, 5.41) is 6.27. The maximum Gasteiger partial charge on any atom is 0.280 e. The van der Waals surface area contributed by atoms with Gasteiger partial charge in [-0.1, -0.05) is 6.07 Å². The molecule has 28 heavy (non-hydrogen) atoms. The summed E-state index contributed by atoms with van der Waals surface area (Å²) < 4.78 is 15.1. The van der Waals surface area contributed by atoms with Gasteiger partial charge in [-0.2, -0.15) is 5.10 Å². The van der Waals surface area contributed by atoms with Gasteiger partial charge in [0.15, 0.2) is 5.69 Å². The number of nitrogens with zero attached hydrogens (tertiary/aromatic N) is 6. The number of amides is 1. The number of halogens is 1. The van der Waals surface area contributed by atoms with Crippen LogP contribution < -0.4 is 9.80 Å². The molecule has 0 spiro atoms. The molecule has 3 aromatic heterocycles. The van der Waals surface area contributed by atoms with E-state index in [1.165, 1.54) is 11.3 Å². The summed E-state index contributed by atoms with van der Waals surface area (Å²) in [4.78, 5) is 25.0. The molecule has 0 N–H and O–H groups in total. The molecule has 2 aliphatic heterocycles. The van der Waals surface area contributed by atoms with Crippen molar-refractivity contribution >= 4 is 28.1 Å². The second-order valence-electron chi connectivity index (χ2n) is 7.17. The van der Waals surface area contributed by atoms with Crippen molar-refractivity contribution < 1.29 is 9.18 Å². The van der Waals surface area contributed by atoms with Crippen LogP contribution in [0, 0.1) is 6.92 Å². The number of rotatable bonds is 4. The van der Waals surface area contributed by atoms with Crippen LogP contribution in [-0.2, 0) is 13.1 Å². The van der Waals surface area contributed by atoms with E-state index in [0.717, 1.165) is 27.0 Å². The van der Waals surface area contributed by atoms with Gasteiger partial charge in [0.05, 0.1) is 30.8 Å². The van der Waals surface area contributed by atoms with Crippen molar-refractivity contribution in [2.75, 3.05) is 22.9 Å². The van der Waals surface area contributed by atoms with E-state index in [4.69, 9.17) is 0 Å². The van der Waals surface area contributed by atoms with Gasteiger partial charge in [0, 0.05) is 24.5 Å². The number of pyridine rings is 1. The first-order chi connectivity index (χ1) is 13.6. The fourth-order valence-electron chi connectivity index (χ4n) is 3.67. The van der Waals surface area contributed by atoms with E-state index in [1.807, 2.05) is 30.2 Å². The predicted molar refractivity (Wildman–Crippen MR) is 105 cm³/mol. The number of hydrogen-bond acceptors (Lipinski definition) is 6. The van der Waals surface area contributed by atoms with E-state index in [9.17, 15) is 9.18 Å². The third kappa shape index (κ3) is 3.05. The van der Waals surface area contributed by atoms with E-state index >= 15 is 0 Å². The highest BCUT2D eigenvalue weighted by Crippen LogP contribution is 2.31. The van der Waals surface area contributed by atoms with E-state index in [1.54, 1.807) is 22.0 Å². The zero-order valence-electron chi connectivity index (χ0n) is 15.4. The Bertz CT molecular complexity index is 1030. The molecular weight excluding hydrogens is 379 g/mol. The molecular formula is C19H19FN6OS. The fourth-order valence-corrected chi connectivity index (χ4v) is 4.44. The lowest BCUT2D eigenvalue weighted by Crippen LogP contribution is -2.23. The Morgan fingerprint density at radius 1 is 1.29 bits per heavy atom. The zero-order chi connectivity index (χ0) is 19.3. The maximum absolute atomic E-state index is 13.4. The van der Waals surface area contributed by atoms with Gasteiger partial charge in [0.2, 0.25) is 0 Å². The number of aromatic nitrogens is 4. The van der Waals surface area contributed by atoms with Crippen LogP contribution in [0.1, 0.15) is 33.0 Å². The first-order valence-electron chi connectivity index (χ1n) is 9.21. The Hall–Kier alpha value is -2.81. The predicted octanol–water partition coefficient (Wildman–Crippen LogP) is 2.80. The minimum Gasteiger partial charge on any atom is -0.354 e. The molecule has 2 aliphatic rings. The first-order valence-corrected chi connectivity index (χ1v) is 10.0. The quantitative estimate of drug-likeness (QED) is 0.676. The van der Waals surface area contributed by atoms with Gasteiger partial charge in [-0.05, 0) is 25.0 Å². The second kappa shape index (κ2) is 6.66. The Morgan fingerprint density at radius 2 is 2.18 bits per heavy atom. The minimum absolute atomic E-state index is 0.0827. The highest BCUT2D eigenvalue weighted by atomic mass is 32.1. The average molecular weight is 398 g/mol. The lowest BCUT2D eigenvalue weighted by molar-refractivity contribution is 0.0991. The molecule has 0 saturated carbocycles. The van der Waals surface area contributed by atoms with Crippen molar-refractivity contribution in [1.82, 2.24) is 19.7 Å². The number of fused-ring (bicyclic) bond motifs is 1.